The van der Waals surface area contributed by atoms with Gasteiger partial charge in [-0.2, -0.15) is 0 Å². The minimum Gasteiger partial charge on any atom is -0.496 e. The predicted molar refractivity (Wildman–Crippen MR) is 82.0 cm³/mol. The van der Waals surface area contributed by atoms with Crippen molar-refractivity contribution in [1.29, 1.82) is 0 Å². The third-order valence-electron chi connectivity index (χ3n) is 3.33. The number of carbonyl (C=O) groups is 1. The predicted octanol–water partition coefficient (Wildman–Crippen LogP) is 2.97. The van der Waals surface area contributed by atoms with Crippen LogP contribution in [0.4, 0.5) is 0 Å². The first-order valence-corrected chi connectivity index (χ1v) is 7.88. The Kier molecular flexibility index (Phi) is 5.29. The van der Waals surface area contributed by atoms with Crippen LogP contribution in [0.15, 0.2) is 18.2 Å². The molecule has 0 spiro atoms. The van der Waals surface area contributed by atoms with E-state index in [-0.39, 0.29) is 18.1 Å². The summed E-state index contributed by atoms with van der Waals surface area (Å²) in [5.74, 6) is 0.442. The number of morpholine rings is 1. The van der Waals surface area contributed by atoms with E-state index in [1.165, 1.54) is 7.11 Å². The molecule has 1 aliphatic heterocycles. The summed E-state index contributed by atoms with van der Waals surface area (Å²) in [4.78, 5) is 14.5. The van der Waals surface area contributed by atoms with E-state index in [1.807, 2.05) is 11.8 Å². The average molecular weight is 363 g/mol. The van der Waals surface area contributed by atoms with Gasteiger partial charge in [-0.05, 0) is 25.1 Å². The van der Waals surface area contributed by atoms with Crippen molar-refractivity contribution in [1.82, 2.24) is 4.90 Å². The summed E-state index contributed by atoms with van der Waals surface area (Å²) >= 11 is 9.33. The van der Waals surface area contributed by atoms with E-state index in [1.54, 1.807) is 18.2 Å². The maximum atomic E-state index is 12.7. The molecule has 1 aliphatic rings. The molecule has 1 heterocycles. The second-order valence-electron chi connectivity index (χ2n) is 4.76. The van der Waals surface area contributed by atoms with E-state index in [4.69, 9.17) is 21.1 Å². The lowest BCUT2D eigenvalue weighted by molar-refractivity contribution is -0.0362. The van der Waals surface area contributed by atoms with Crippen LogP contribution in [-0.4, -0.2) is 48.5 Å². The van der Waals surface area contributed by atoms with Gasteiger partial charge in [0.05, 0.1) is 31.4 Å². The van der Waals surface area contributed by atoms with Gasteiger partial charge in [-0.1, -0.05) is 27.5 Å². The van der Waals surface area contributed by atoms with Gasteiger partial charge in [0.25, 0.3) is 5.91 Å². The molecule has 2 unspecified atom stereocenters. The van der Waals surface area contributed by atoms with Crippen molar-refractivity contribution in [3.05, 3.63) is 28.8 Å². The molecular weight excluding hydrogens is 346 g/mol. The highest BCUT2D eigenvalue weighted by Crippen LogP contribution is 2.26. The molecule has 1 aromatic rings. The van der Waals surface area contributed by atoms with Gasteiger partial charge in [0.1, 0.15) is 5.75 Å². The Hall–Kier alpha value is -0.780. The van der Waals surface area contributed by atoms with Crippen molar-refractivity contribution < 1.29 is 14.3 Å². The fourth-order valence-corrected chi connectivity index (χ4v) is 2.74. The lowest BCUT2D eigenvalue weighted by Crippen LogP contribution is -2.51. The van der Waals surface area contributed by atoms with Crippen LogP contribution in [0.5, 0.6) is 5.75 Å². The highest BCUT2D eigenvalue weighted by atomic mass is 79.9. The van der Waals surface area contributed by atoms with Crippen LogP contribution in [0.2, 0.25) is 5.02 Å². The molecule has 1 fully saturated rings. The first-order chi connectivity index (χ1) is 9.56. The molecule has 0 saturated carbocycles. The van der Waals surface area contributed by atoms with E-state index >= 15 is 0 Å². The summed E-state index contributed by atoms with van der Waals surface area (Å²) in [6.45, 7) is 3.08. The van der Waals surface area contributed by atoms with Gasteiger partial charge in [-0.15, -0.1) is 0 Å². The third-order valence-corrected chi connectivity index (χ3v) is 4.29. The fraction of sp³-hybridized carbons (Fsp3) is 0.500. The quantitative estimate of drug-likeness (QED) is 0.776. The van der Waals surface area contributed by atoms with Crippen molar-refractivity contribution in [2.45, 2.75) is 19.1 Å². The topological polar surface area (TPSA) is 38.8 Å². The first kappa shape index (κ1) is 15.6. The number of ether oxygens (including phenoxy) is 2. The Morgan fingerprint density at radius 2 is 2.35 bits per heavy atom. The summed E-state index contributed by atoms with van der Waals surface area (Å²) in [5.41, 5.74) is 0.527. The molecule has 0 aromatic heterocycles. The molecule has 0 N–H and O–H groups in total. The number of alkyl halides is 1. The van der Waals surface area contributed by atoms with Crippen LogP contribution in [0, 0.1) is 0 Å². The summed E-state index contributed by atoms with van der Waals surface area (Å²) in [6.07, 6.45) is 0.0217. The largest absolute Gasteiger partial charge is 0.496 e. The highest BCUT2D eigenvalue weighted by Gasteiger charge is 2.31. The second-order valence-corrected chi connectivity index (χ2v) is 5.84. The van der Waals surface area contributed by atoms with Gasteiger partial charge in [0.15, 0.2) is 0 Å². The minimum atomic E-state index is -0.0553. The molecule has 0 radical (unpaired) electrons. The molecular formula is C14H17BrClNO3. The molecule has 1 saturated heterocycles. The SMILES string of the molecule is COc1cc(Cl)ccc1C(=O)N1CC(CBr)OCC1C. The van der Waals surface area contributed by atoms with Gasteiger partial charge >= 0.3 is 0 Å². The first-order valence-electron chi connectivity index (χ1n) is 6.39. The van der Waals surface area contributed by atoms with Crippen molar-refractivity contribution in [2.75, 3.05) is 25.6 Å². The smallest absolute Gasteiger partial charge is 0.258 e. The van der Waals surface area contributed by atoms with E-state index < -0.39 is 0 Å². The van der Waals surface area contributed by atoms with Gasteiger partial charge in [-0.25, -0.2) is 0 Å². The average Bonchev–Trinajstić information content (AvgIpc) is 2.47. The third kappa shape index (κ3) is 3.27. The number of methoxy groups -OCH3 is 1. The van der Waals surface area contributed by atoms with E-state index in [9.17, 15) is 4.79 Å². The molecule has 0 bridgehead atoms. The van der Waals surface area contributed by atoms with Gasteiger partial charge in [-0.3, -0.25) is 4.79 Å². The van der Waals surface area contributed by atoms with Crippen molar-refractivity contribution >= 4 is 33.4 Å². The summed E-state index contributed by atoms with van der Waals surface area (Å²) < 4.78 is 10.9. The number of carbonyl (C=O) groups excluding carboxylic acids is 1. The monoisotopic (exact) mass is 361 g/mol. The zero-order valence-corrected chi connectivity index (χ0v) is 13.8. The van der Waals surface area contributed by atoms with Crippen molar-refractivity contribution in [3.63, 3.8) is 0 Å². The lowest BCUT2D eigenvalue weighted by atomic mass is 10.1. The van der Waals surface area contributed by atoms with E-state index in [0.717, 1.165) is 0 Å². The number of rotatable bonds is 3. The van der Waals surface area contributed by atoms with Gasteiger partial charge in [0.2, 0.25) is 0 Å². The van der Waals surface area contributed by atoms with Crippen LogP contribution in [0.25, 0.3) is 0 Å². The Labute approximate surface area is 132 Å². The summed E-state index contributed by atoms with van der Waals surface area (Å²) in [5, 5.41) is 1.26. The minimum absolute atomic E-state index is 0.0217. The molecule has 1 amide bonds. The molecule has 6 heteroatoms. The number of amides is 1. The standard InChI is InChI=1S/C14H17BrClNO3/c1-9-8-20-11(6-15)7-17(9)14(18)12-4-3-10(16)5-13(12)19-2/h3-5,9,11H,6-8H2,1-2H3. The molecule has 0 aliphatic carbocycles. The molecule has 2 rings (SSSR count). The molecule has 1 aromatic carbocycles. The van der Waals surface area contributed by atoms with Crippen LogP contribution in [0.1, 0.15) is 17.3 Å². The van der Waals surface area contributed by atoms with E-state index in [2.05, 4.69) is 15.9 Å². The molecule has 110 valence electrons. The fourth-order valence-electron chi connectivity index (χ4n) is 2.19. The number of hydrogen-bond acceptors (Lipinski definition) is 3. The molecule has 2 atom stereocenters. The highest BCUT2D eigenvalue weighted by molar-refractivity contribution is 9.09. The molecule has 20 heavy (non-hydrogen) atoms. The van der Waals surface area contributed by atoms with Crippen LogP contribution >= 0.6 is 27.5 Å². The van der Waals surface area contributed by atoms with Crippen molar-refractivity contribution in [3.8, 4) is 5.75 Å². The number of halogens is 2. The number of nitrogens with zero attached hydrogens (tertiary/aromatic N) is 1. The Bertz CT molecular complexity index is 497. The number of benzene rings is 1. The maximum Gasteiger partial charge on any atom is 0.258 e. The van der Waals surface area contributed by atoms with Gasteiger partial charge in [0, 0.05) is 16.9 Å². The zero-order valence-electron chi connectivity index (χ0n) is 11.4. The summed E-state index contributed by atoms with van der Waals surface area (Å²) in [6, 6.07) is 5.10. The maximum absolute atomic E-state index is 12.7. The zero-order chi connectivity index (χ0) is 14.7. The Morgan fingerprint density at radius 3 is 3.00 bits per heavy atom. The van der Waals surface area contributed by atoms with Crippen LogP contribution in [-0.2, 0) is 4.74 Å². The van der Waals surface area contributed by atoms with Crippen LogP contribution in [0.3, 0.4) is 0 Å². The Morgan fingerprint density at radius 1 is 1.60 bits per heavy atom. The molecule has 4 nitrogen and oxygen atoms in total. The van der Waals surface area contributed by atoms with Crippen LogP contribution < -0.4 is 4.74 Å². The summed E-state index contributed by atoms with van der Waals surface area (Å²) in [7, 11) is 1.53. The van der Waals surface area contributed by atoms with E-state index in [0.29, 0.717) is 34.8 Å². The van der Waals surface area contributed by atoms with Gasteiger partial charge < -0.3 is 14.4 Å². The second kappa shape index (κ2) is 6.78. The van der Waals surface area contributed by atoms with Crippen molar-refractivity contribution in [2.24, 2.45) is 0 Å². The normalized spacial score (nSPS) is 22.7. The lowest BCUT2D eigenvalue weighted by Gasteiger charge is -2.37. The number of hydrogen-bond donors (Lipinski definition) is 0. The Balaban J connectivity index is 2.25.